The van der Waals surface area contributed by atoms with Crippen LogP contribution in [0, 0.1) is 17.2 Å². The van der Waals surface area contributed by atoms with Gasteiger partial charge in [-0.05, 0) is 31.0 Å². The number of aromatic nitrogens is 2. The molecule has 0 bridgehead atoms. The minimum Gasteiger partial charge on any atom is -0.380 e. The smallest absolute Gasteiger partial charge is 0.125 e. The summed E-state index contributed by atoms with van der Waals surface area (Å²) in [7, 11) is 0. The van der Waals surface area contributed by atoms with Crippen molar-refractivity contribution >= 4 is 22.6 Å². The monoisotopic (exact) mass is 305 g/mol. The summed E-state index contributed by atoms with van der Waals surface area (Å²) >= 11 is 6.07. The Morgan fingerprint density at radius 3 is 2.76 bits per heavy atom. The van der Waals surface area contributed by atoms with Crippen LogP contribution in [0.1, 0.15) is 38.2 Å². The van der Waals surface area contributed by atoms with Gasteiger partial charge in [-0.25, -0.2) is 4.98 Å². The zero-order valence-electron chi connectivity index (χ0n) is 12.6. The first-order chi connectivity index (χ1) is 10.1. The lowest BCUT2D eigenvalue weighted by Crippen LogP contribution is -2.22. The van der Waals surface area contributed by atoms with Crippen LogP contribution in [0.5, 0.6) is 0 Å². The lowest BCUT2D eigenvalue weighted by molar-refractivity contribution is 0.0971. The lowest BCUT2D eigenvalue weighted by atomic mass is 10.0. The summed E-state index contributed by atoms with van der Waals surface area (Å²) in [5.74, 6) is 1.54. The van der Waals surface area contributed by atoms with Crippen LogP contribution in [0.2, 0.25) is 0 Å². The zero-order chi connectivity index (χ0) is 15.4. The molecule has 0 aliphatic carbocycles. The van der Waals surface area contributed by atoms with Crippen molar-refractivity contribution in [3.8, 4) is 6.07 Å². The maximum absolute atomic E-state index is 9.11. The first-order valence-electron chi connectivity index (χ1n) is 7.17. The number of alkyl halides is 1. The molecule has 21 heavy (non-hydrogen) atoms. The van der Waals surface area contributed by atoms with Crippen molar-refractivity contribution in [3.63, 3.8) is 0 Å². The van der Waals surface area contributed by atoms with Gasteiger partial charge in [0.15, 0.2) is 0 Å². The molecule has 0 radical (unpaired) electrons. The van der Waals surface area contributed by atoms with Crippen LogP contribution in [0.15, 0.2) is 18.2 Å². The molecule has 2 aromatic rings. The molecule has 0 saturated heterocycles. The summed E-state index contributed by atoms with van der Waals surface area (Å²) in [5.41, 5.74) is 2.44. The predicted molar refractivity (Wildman–Crippen MR) is 84.4 cm³/mol. The van der Waals surface area contributed by atoms with Gasteiger partial charge in [-0.3, -0.25) is 0 Å². The molecule has 0 spiro atoms. The molecule has 0 saturated carbocycles. The summed E-state index contributed by atoms with van der Waals surface area (Å²) in [6.07, 6.45) is 0. The molecule has 1 atom stereocenters. The van der Waals surface area contributed by atoms with Crippen LogP contribution in [0.25, 0.3) is 11.0 Å². The standard InChI is InChI=1S/C16H20ClN3O/c1-4-21-10-15(11(2)3)20-14-7-12(9-18)5-6-13(14)19-16(20)8-17/h5-7,11,15H,4,8,10H2,1-3H3. The topological polar surface area (TPSA) is 50.8 Å². The molecule has 112 valence electrons. The van der Waals surface area contributed by atoms with Crippen LogP contribution in [0.3, 0.4) is 0 Å². The Hall–Kier alpha value is -1.57. The number of nitriles is 1. The minimum atomic E-state index is 0.151. The number of hydrogen-bond donors (Lipinski definition) is 0. The highest BCUT2D eigenvalue weighted by Crippen LogP contribution is 2.28. The fraction of sp³-hybridized carbons (Fsp3) is 0.500. The maximum atomic E-state index is 9.11. The second kappa shape index (κ2) is 6.93. The predicted octanol–water partition coefficient (Wildman–Crippen LogP) is 3.88. The van der Waals surface area contributed by atoms with E-state index in [1.54, 1.807) is 6.07 Å². The average Bonchev–Trinajstić information content (AvgIpc) is 2.85. The molecular formula is C16H20ClN3O. The molecule has 0 aliphatic rings. The number of ether oxygens (including phenoxy) is 1. The molecule has 0 N–H and O–H groups in total. The van der Waals surface area contributed by atoms with E-state index in [4.69, 9.17) is 21.6 Å². The number of benzene rings is 1. The fourth-order valence-corrected chi connectivity index (χ4v) is 2.67. The van der Waals surface area contributed by atoms with Gasteiger partial charge < -0.3 is 9.30 Å². The SMILES string of the molecule is CCOCC(C(C)C)n1c(CCl)nc2ccc(C#N)cc21. The Morgan fingerprint density at radius 1 is 1.43 bits per heavy atom. The minimum absolute atomic E-state index is 0.151. The maximum Gasteiger partial charge on any atom is 0.125 e. The number of nitrogens with zero attached hydrogens (tertiary/aromatic N) is 3. The lowest BCUT2D eigenvalue weighted by Gasteiger charge is -2.24. The molecule has 1 unspecified atom stereocenters. The van der Waals surface area contributed by atoms with Gasteiger partial charge in [-0.1, -0.05) is 13.8 Å². The Bertz CT molecular complexity index is 657. The van der Waals surface area contributed by atoms with Crippen LogP contribution < -0.4 is 0 Å². The van der Waals surface area contributed by atoms with Gasteiger partial charge in [0.2, 0.25) is 0 Å². The quantitative estimate of drug-likeness (QED) is 0.761. The van der Waals surface area contributed by atoms with Crippen molar-refractivity contribution in [3.05, 3.63) is 29.6 Å². The Balaban J connectivity index is 2.60. The van der Waals surface area contributed by atoms with E-state index in [1.807, 2.05) is 19.1 Å². The third-order valence-corrected chi connectivity index (χ3v) is 3.84. The zero-order valence-corrected chi connectivity index (χ0v) is 13.4. The molecule has 0 fully saturated rings. The number of hydrogen-bond acceptors (Lipinski definition) is 3. The Labute approximate surface area is 130 Å². The molecule has 1 heterocycles. The van der Waals surface area contributed by atoms with E-state index < -0.39 is 0 Å². The van der Waals surface area contributed by atoms with E-state index in [-0.39, 0.29) is 6.04 Å². The van der Waals surface area contributed by atoms with Crippen LogP contribution in [0.4, 0.5) is 0 Å². The summed E-state index contributed by atoms with van der Waals surface area (Å²) in [6, 6.07) is 7.86. The van der Waals surface area contributed by atoms with Gasteiger partial charge in [0.25, 0.3) is 0 Å². The molecule has 1 aromatic carbocycles. The Morgan fingerprint density at radius 2 is 2.19 bits per heavy atom. The molecule has 4 nitrogen and oxygen atoms in total. The summed E-state index contributed by atoms with van der Waals surface area (Å²) in [6.45, 7) is 7.58. The van der Waals surface area contributed by atoms with Crippen LogP contribution in [-0.2, 0) is 10.6 Å². The molecule has 0 aliphatic heterocycles. The van der Waals surface area contributed by atoms with Crippen LogP contribution >= 0.6 is 11.6 Å². The van der Waals surface area contributed by atoms with Crippen molar-refractivity contribution < 1.29 is 4.74 Å². The first kappa shape index (κ1) is 15.8. The fourth-order valence-electron chi connectivity index (χ4n) is 2.48. The second-order valence-corrected chi connectivity index (χ2v) is 5.59. The second-order valence-electron chi connectivity index (χ2n) is 5.32. The Kier molecular flexibility index (Phi) is 5.22. The summed E-state index contributed by atoms with van der Waals surface area (Å²) in [5, 5.41) is 9.11. The molecule has 0 amide bonds. The van der Waals surface area contributed by atoms with E-state index >= 15 is 0 Å². The van der Waals surface area contributed by atoms with Gasteiger partial charge in [-0.15, -0.1) is 11.6 Å². The third-order valence-electron chi connectivity index (χ3n) is 3.61. The van der Waals surface area contributed by atoms with Gasteiger partial charge in [0.05, 0.1) is 41.2 Å². The van der Waals surface area contributed by atoms with E-state index in [0.717, 1.165) is 16.9 Å². The van der Waals surface area contributed by atoms with Gasteiger partial charge >= 0.3 is 0 Å². The van der Waals surface area contributed by atoms with Crippen molar-refractivity contribution in [2.45, 2.75) is 32.7 Å². The molecule has 1 aromatic heterocycles. The van der Waals surface area contributed by atoms with Gasteiger partial charge in [-0.2, -0.15) is 5.26 Å². The number of rotatable bonds is 6. The van der Waals surface area contributed by atoms with E-state index in [2.05, 4.69) is 29.5 Å². The molecular weight excluding hydrogens is 286 g/mol. The number of imidazole rings is 1. The average molecular weight is 306 g/mol. The number of fused-ring (bicyclic) bond motifs is 1. The highest BCUT2D eigenvalue weighted by Gasteiger charge is 2.22. The van der Waals surface area contributed by atoms with E-state index in [1.165, 1.54) is 0 Å². The van der Waals surface area contributed by atoms with Crippen molar-refractivity contribution in [2.75, 3.05) is 13.2 Å². The van der Waals surface area contributed by atoms with Crippen molar-refractivity contribution in [2.24, 2.45) is 5.92 Å². The number of halogens is 1. The molecule has 5 heteroatoms. The normalized spacial score (nSPS) is 12.8. The van der Waals surface area contributed by atoms with E-state index in [0.29, 0.717) is 30.6 Å². The highest BCUT2D eigenvalue weighted by molar-refractivity contribution is 6.16. The van der Waals surface area contributed by atoms with Crippen LogP contribution in [-0.4, -0.2) is 22.8 Å². The van der Waals surface area contributed by atoms with Crippen molar-refractivity contribution in [1.29, 1.82) is 5.26 Å². The summed E-state index contributed by atoms with van der Waals surface area (Å²) < 4.78 is 7.76. The first-order valence-corrected chi connectivity index (χ1v) is 7.70. The molecule has 2 rings (SSSR count). The van der Waals surface area contributed by atoms with Gasteiger partial charge in [0, 0.05) is 6.61 Å². The van der Waals surface area contributed by atoms with Gasteiger partial charge in [0.1, 0.15) is 5.82 Å². The van der Waals surface area contributed by atoms with Crippen molar-refractivity contribution in [1.82, 2.24) is 9.55 Å². The summed E-state index contributed by atoms with van der Waals surface area (Å²) in [4.78, 5) is 4.58. The highest BCUT2D eigenvalue weighted by atomic mass is 35.5. The largest absolute Gasteiger partial charge is 0.380 e. The van der Waals surface area contributed by atoms with E-state index in [9.17, 15) is 0 Å². The third kappa shape index (κ3) is 3.20.